The van der Waals surface area contributed by atoms with E-state index in [1.54, 1.807) is 0 Å². The van der Waals surface area contributed by atoms with Crippen LogP contribution < -0.4 is 10.1 Å². The van der Waals surface area contributed by atoms with Crippen molar-refractivity contribution >= 4 is 11.9 Å². The molecule has 0 spiro atoms. The molecule has 1 fully saturated rings. The molecule has 2 rings (SSSR count). The number of aliphatic carboxylic acids is 1. The molecule has 1 saturated carbocycles. The number of carboxylic acids is 1. The summed E-state index contributed by atoms with van der Waals surface area (Å²) in [6, 6.07) is 5.51. The molecule has 1 aromatic carbocycles. The van der Waals surface area contributed by atoms with Gasteiger partial charge in [-0.05, 0) is 37.8 Å². The van der Waals surface area contributed by atoms with E-state index in [0.717, 1.165) is 17.5 Å². The van der Waals surface area contributed by atoms with Crippen LogP contribution >= 0.6 is 0 Å². The second-order valence-electron chi connectivity index (χ2n) is 5.56. The van der Waals surface area contributed by atoms with Crippen molar-refractivity contribution in [2.45, 2.75) is 39.2 Å². The van der Waals surface area contributed by atoms with Gasteiger partial charge in [-0.1, -0.05) is 24.6 Å². The van der Waals surface area contributed by atoms with Crippen molar-refractivity contribution in [3.63, 3.8) is 0 Å². The normalized spacial score (nSPS) is 21.0. The zero-order chi connectivity index (χ0) is 15.4. The van der Waals surface area contributed by atoms with Gasteiger partial charge in [-0.15, -0.1) is 0 Å². The van der Waals surface area contributed by atoms with E-state index in [4.69, 9.17) is 9.84 Å². The molecule has 5 heteroatoms. The minimum absolute atomic E-state index is 0.0888. The van der Waals surface area contributed by atoms with Gasteiger partial charge in [-0.25, -0.2) is 0 Å². The van der Waals surface area contributed by atoms with Crippen molar-refractivity contribution in [2.24, 2.45) is 5.92 Å². The number of rotatable bonds is 5. The van der Waals surface area contributed by atoms with E-state index in [1.807, 2.05) is 32.0 Å². The lowest BCUT2D eigenvalue weighted by atomic mass is 10.0. The lowest BCUT2D eigenvalue weighted by molar-refractivity contribution is -0.142. The third-order valence-electron chi connectivity index (χ3n) is 3.94. The molecule has 0 bridgehead atoms. The molecule has 0 radical (unpaired) electrons. The van der Waals surface area contributed by atoms with Crippen LogP contribution in [-0.2, 0) is 9.59 Å². The monoisotopic (exact) mass is 291 g/mol. The number of hydrogen-bond donors (Lipinski definition) is 2. The smallest absolute Gasteiger partial charge is 0.308 e. The highest BCUT2D eigenvalue weighted by Gasteiger charge is 2.33. The predicted octanol–water partition coefficient (Wildman–Crippen LogP) is 2.05. The average Bonchev–Trinajstić information content (AvgIpc) is 2.86. The summed E-state index contributed by atoms with van der Waals surface area (Å²) in [4.78, 5) is 23.0. The second-order valence-corrected chi connectivity index (χ2v) is 5.56. The highest BCUT2D eigenvalue weighted by Crippen LogP contribution is 2.26. The van der Waals surface area contributed by atoms with Crippen molar-refractivity contribution in [3.05, 3.63) is 29.3 Å². The molecule has 2 atom stereocenters. The number of nitrogens with one attached hydrogen (secondary N) is 1. The van der Waals surface area contributed by atoms with Gasteiger partial charge in [-0.3, -0.25) is 9.59 Å². The summed E-state index contributed by atoms with van der Waals surface area (Å²) in [5, 5.41) is 11.9. The summed E-state index contributed by atoms with van der Waals surface area (Å²) in [5.74, 6) is -0.868. The Balaban J connectivity index is 1.89. The van der Waals surface area contributed by atoms with Gasteiger partial charge in [0.1, 0.15) is 5.75 Å². The van der Waals surface area contributed by atoms with Crippen molar-refractivity contribution in [1.29, 1.82) is 0 Å². The molecule has 1 aliphatic carbocycles. The number of carbonyl (C=O) groups excluding carboxylic acids is 1. The highest BCUT2D eigenvalue weighted by molar-refractivity contribution is 5.79. The Morgan fingerprint density at radius 3 is 2.57 bits per heavy atom. The Morgan fingerprint density at radius 1 is 1.29 bits per heavy atom. The Morgan fingerprint density at radius 2 is 1.95 bits per heavy atom. The van der Waals surface area contributed by atoms with Gasteiger partial charge < -0.3 is 15.2 Å². The van der Waals surface area contributed by atoms with Crippen LogP contribution in [0.4, 0.5) is 0 Å². The highest BCUT2D eigenvalue weighted by atomic mass is 16.5. The third kappa shape index (κ3) is 3.74. The first kappa shape index (κ1) is 15.4. The van der Waals surface area contributed by atoms with Crippen LogP contribution in [0.5, 0.6) is 5.75 Å². The number of benzene rings is 1. The van der Waals surface area contributed by atoms with E-state index in [1.165, 1.54) is 0 Å². The summed E-state index contributed by atoms with van der Waals surface area (Å²) in [6.07, 6.45) is 2.17. The fraction of sp³-hybridized carbons (Fsp3) is 0.500. The fourth-order valence-electron chi connectivity index (χ4n) is 2.84. The molecule has 114 valence electrons. The zero-order valence-corrected chi connectivity index (χ0v) is 12.4. The van der Waals surface area contributed by atoms with Crippen LogP contribution in [-0.4, -0.2) is 29.6 Å². The van der Waals surface area contributed by atoms with Crippen molar-refractivity contribution in [3.8, 4) is 5.75 Å². The number of aryl methyl sites for hydroxylation is 2. The average molecular weight is 291 g/mol. The lowest BCUT2D eigenvalue weighted by Crippen LogP contribution is -2.42. The summed E-state index contributed by atoms with van der Waals surface area (Å²) in [5.41, 5.74) is 1.96. The Bertz CT molecular complexity index is 521. The van der Waals surface area contributed by atoms with Gasteiger partial charge >= 0.3 is 5.97 Å². The topological polar surface area (TPSA) is 75.6 Å². The number of amides is 1. The number of carboxylic acid groups (broad SMARTS) is 1. The van der Waals surface area contributed by atoms with Crippen LogP contribution in [0, 0.1) is 19.8 Å². The van der Waals surface area contributed by atoms with Crippen LogP contribution in [0.1, 0.15) is 30.4 Å². The molecule has 2 N–H and O–H groups in total. The number of ether oxygens (including phenoxy) is 1. The van der Waals surface area contributed by atoms with E-state index in [2.05, 4.69) is 5.32 Å². The van der Waals surface area contributed by atoms with Crippen LogP contribution in [0.2, 0.25) is 0 Å². The SMILES string of the molecule is Cc1cccc(C)c1OCC(=O)NC1CCCC1C(=O)O. The minimum Gasteiger partial charge on any atom is -0.483 e. The van der Waals surface area contributed by atoms with Crippen molar-refractivity contribution in [2.75, 3.05) is 6.61 Å². The van der Waals surface area contributed by atoms with Crippen LogP contribution in [0.3, 0.4) is 0 Å². The zero-order valence-electron chi connectivity index (χ0n) is 12.4. The van der Waals surface area contributed by atoms with E-state index in [0.29, 0.717) is 18.6 Å². The van der Waals surface area contributed by atoms with Gasteiger partial charge in [0.25, 0.3) is 5.91 Å². The number of carbonyl (C=O) groups is 2. The molecule has 0 heterocycles. The molecule has 2 unspecified atom stereocenters. The van der Waals surface area contributed by atoms with E-state index in [9.17, 15) is 9.59 Å². The van der Waals surface area contributed by atoms with Crippen molar-refractivity contribution in [1.82, 2.24) is 5.32 Å². The summed E-state index contributed by atoms with van der Waals surface area (Å²) >= 11 is 0. The van der Waals surface area contributed by atoms with E-state index < -0.39 is 11.9 Å². The van der Waals surface area contributed by atoms with Gasteiger partial charge in [0.15, 0.2) is 6.61 Å². The maximum absolute atomic E-state index is 11.9. The summed E-state index contributed by atoms with van der Waals surface area (Å²) < 4.78 is 5.58. The molecule has 21 heavy (non-hydrogen) atoms. The van der Waals surface area contributed by atoms with Gasteiger partial charge in [-0.2, -0.15) is 0 Å². The Hall–Kier alpha value is -2.04. The fourth-order valence-corrected chi connectivity index (χ4v) is 2.84. The molecular formula is C16H21NO4. The first-order valence-corrected chi connectivity index (χ1v) is 7.20. The molecule has 0 aliphatic heterocycles. The quantitative estimate of drug-likeness (QED) is 0.870. The number of para-hydroxylation sites is 1. The second kappa shape index (κ2) is 6.61. The van der Waals surface area contributed by atoms with Gasteiger partial charge in [0.2, 0.25) is 0 Å². The maximum Gasteiger partial charge on any atom is 0.308 e. The molecule has 1 aromatic rings. The standard InChI is InChI=1S/C16H21NO4/c1-10-5-3-6-11(2)15(10)21-9-14(18)17-13-8-4-7-12(13)16(19)20/h3,5-6,12-13H,4,7-9H2,1-2H3,(H,17,18)(H,19,20). The van der Waals surface area contributed by atoms with E-state index in [-0.39, 0.29) is 18.6 Å². The minimum atomic E-state index is -0.839. The molecule has 0 aromatic heterocycles. The maximum atomic E-state index is 11.9. The first-order valence-electron chi connectivity index (χ1n) is 7.20. The first-order chi connectivity index (χ1) is 9.99. The molecule has 1 aliphatic rings. The number of hydrogen-bond acceptors (Lipinski definition) is 3. The van der Waals surface area contributed by atoms with Crippen molar-refractivity contribution < 1.29 is 19.4 Å². The molecule has 1 amide bonds. The summed E-state index contributed by atoms with van der Waals surface area (Å²) in [7, 11) is 0. The lowest BCUT2D eigenvalue weighted by Gasteiger charge is -2.18. The molecule has 0 saturated heterocycles. The molecule has 5 nitrogen and oxygen atoms in total. The largest absolute Gasteiger partial charge is 0.483 e. The van der Waals surface area contributed by atoms with Crippen LogP contribution in [0.15, 0.2) is 18.2 Å². The van der Waals surface area contributed by atoms with Gasteiger partial charge in [0, 0.05) is 6.04 Å². The Kier molecular flexibility index (Phi) is 4.83. The van der Waals surface area contributed by atoms with E-state index >= 15 is 0 Å². The van der Waals surface area contributed by atoms with Gasteiger partial charge in [0.05, 0.1) is 5.92 Å². The predicted molar refractivity (Wildman–Crippen MR) is 78.3 cm³/mol. The Labute approximate surface area is 124 Å². The molecular weight excluding hydrogens is 270 g/mol. The third-order valence-corrected chi connectivity index (χ3v) is 3.94. The van der Waals surface area contributed by atoms with Crippen LogP contribution in [0.25, 0.3) is 0 Å². The summed E-state index contributed by atoms with van der Waals surface area (Å²) in [6.45, 7) is 3.77.